The summed E-state index contributed by atoms with van der Waals surface area (Å²) in [5.41, 5.74) is 0.973. The molecule has 0 atom stereocenters. The van der Waals surface area contributed by atoms with E-state index in [1.54, 1.807) is 10.6 Å². The van der Waals surface area contributed by atoms with Crippen molar-refractivity contribution in [3.05, 3.63) is 68.7 Å². The van der Waals surface area contributed by atoms with Crippen molar-refractivity contribution < 1.29 is 9.18 Å². The van der Waals surface area contributed by atoms with Crippen molar-refractivity contribution in [3.8, 4) is 0 Å². The molecular formula is C27H32FN5O3S. The normalized spacial score (nSPS) is 20.6. The summed E-state index contributed by atoms with van der Waals surface area (Å²) in [4.78, 5) is 46.1. The van der Waals surface area contributed by atoms with Crippen molar-refractivity contribution in [1.29, 1.82) is 0 Å². The van der Waals surface area contributed by atoms with Gasteiger partial charge in [0, 0.05) is 43.5 Å². The Morgan fingerprint density at radius 3 is 2.43 bits per heavy atom. The molecule has 1 saturated heterocycles. The van der Waals surface area contributed by atoms with Crippen LogP contribution in [0.2, 0.25) is 0 Å². The molecule has 2 aromatic heterocycles. The van der Waals surface area contributed by atoms with Gasteiger partial charge in [-0.05, 0) is 74.3 Å². The molecule has 0 radical (unpaired) electrons. The first-order valence-corrected chi connectivity index (χ1v) is 14.0. The molecule has 37 heavy (non-hydrogen) atoms. The molecule has 1 N–H and O–H groups in total. The second kappa shape index (κ2) is 10.7. The highest BCUT2D eigenvalue weighted by Crippen LogP contribution is 2.30. The van der Waals surface area contributed by atoms with Crippen LogP contribution in [-0.4, -0.2) is 51.7 Å². The van der Waals surface area contributed by atoms with Crippen molar-refractivity contribution in [2.24, 2.45) is 0 Å². The van der Waals surface area contributed by atoms with Gasteiger partial charge in [0.2, 0.25) is 0 Å². The average molecular weight is 526 g/mol. The number of halogens is 1. The lowest BCUT2D eigenvalue weighted by Gasteiger charge is -2.31. The van der Waals surface area contributed by atoms with Crippen LogP contribution >= 0.6 is 11.8 Å². The van der Waals surface area contributed by atoms with Crippen molar-refractivity contribution in [2.75, 3.05) is 30.5 Å². The molecule has 0 bridgehead atoms. The number of carbonyl (C=O) groups excluding carboxylic acids is 1. The van der Waals surface area contributed by atoms with Crippen molar-refractivity contribution >= 4 is 34.4 Å². The average Bonchev–Trinajstić information content (AvgIpc) is 2.91. The number of nitrogens with one attached hydrogen (secondary N) is 1. The summed E-state index contributed by atoms with van der Waals surface area (Å²) in [6.07, 6.45) is 5.14. The Kier molecular flexibility index (Phi) is 7.37. The van der Waals surface area contributed by atoms with Gasteiger partial charge in [0.05, 0.1) is 11.6 Å². The Balaban J connectivity index is 1.38. The summed E-state index contributed by atoms with van der Waals surface area (Å²) in [5.74, 6) is 1.14. The van der Waals surface area contributed by atoms with Crippen LogP contribution in [0.15, 0.2) is 46.1 Å². The molecule has 0 unspecified atom stereocenters. The van der Waals surface area contributed by atoms with E-state index < -0.39 is 11.4 Å². The van der Waals surface area contributed by atoms with E-state index in [2.05, 4.69) is 10.3 Å². The van der Waals surface area contributed by atoms with E-state index >= 15 is 0 Å². The molecule has 2 aliphatic rings. The second-order valence-electron chi connectivity index (χ2n) is 10.1. The number of benzene rings is 1. The Bertz CT molecular complexity index is 1420. The number of pyridine rings is 1. The van der Waals surface area contributed by atoms with Crippen LogP contribution in [-0.2, 0) is 0 Å². The molecule has 5 rings (SSSR count). The Morgan fingerprint density at radius 2 is 1.73 bits per heavy atom. The number of nitrogens with zero attached hydrogens (tertiary/aromatic N) is 4. The standard InChI is InChI=1S/C27H32FN5O3S/c1-31(2)22-5-3-4-17(14-22)25(34)30-19-6-8-20(9-7-19)33-26(35)23-15-18(28)16-29-24(23)32(27(33)36)21-10-12-37-13-11-21/h3-5,14-16,19-21H,6-13H2,1-2H3,(H,30,34). The number of anilines is 1. The number of hydrogen-bond donors (Lipinski definition) is 1. The highest BCUT2D eigenvalue weighted by atomic mass is 32.2. The third kappa shape index (κ3) is 5.16. The molecule has 8 nitrogen and oxygen atoms in total. The van der Waals surface area contributed by atoms with E-state index in [4.69, 9.17) is 0 Å². The van der Waals surface area contributed by atoms with Gasteiger partial charge in [0.15, 0.2) is 0 Å². The number of rotatable bonds is 5. The van der Waals surface area contributed by atoms with Crippen LogP contribution in [0.25, 0.3) is 11.0 Å². The van der Waals surface area contributed by atoms with Gasteiger partial charge in [-0.3, -0.25) is 18.7 Å². The topological polar surface area (TPSA) is 89.2 Å². The predicted octanol–water partition coefficient (Wildman–Crippen LogP) is 3.75. The molecule has 0 spiro atoms. The monoisotopic (exact) mass is 525 g/mol. The maximum Gasteiger partial charge on any atom is 0.333 e. The summed E-state index contributed by atoms with van der Waals surface area (Å²) >= 11 is 1.85. The van der Waals surface area contributed by atoms with Gasteiger partial charge in [-0.2, -0.15) is 11.8 Å². The molecule has 3 aromatic rings. The van der Waals surface area contributed by atoms with Gasteiger partial charge >= 0.3 is 5.69 Å². The number of amides is 1. The van der Waals surface area contributed by atoms with Gasteiger partial charge in [0.1, 0.15) is 11.5 Å². The Labute approximate surface area is 218 Å². The predicted molar refractivity (Wildman–Crippen MR) is 145 cm³/mol. The fourth-order valence-electron chi connectivity index (χ4n) is 5.47. The highest BCUT2D eigenvalue weighted by molar-refractivity contribution is 7.99. The van der Waals surface area contributed by atoms with Crippen molar-refractivity contribution in [1.82, 2.24) is 19.4 Å². The van der Waals surface area contributed by atoms with Crippen LogP contribution in [0.3, 0.4) is 0 Å². The maximum absolute atomic E-state index is 14.1. The molecular weight excluding hydrogens is 493 g/mol. The smallest absolute Gasteiger partial charge is 0.333 e. The SMILES string of the molecule is CN(C)c1cccc(C(=O)NC2CCC(n3c(=O)c4cc(F)cnc4n(C4CCSCC4)c3=O)CC2)c1. The van der Waals surface area contributed by atoms with Crippen LogP contribution in [0.1, 0.15) is 61.0 Å². The first kappa shape index (κ1) is 25.5. The molecule has 1 aliphatic heterocycles. The second-order valence-corrected chi connectivity index (χ2v) is 11.3. The minimum Gasteiger partial charge on any atom is -0.378 e. The summed E-state index contributed by atoms with van der Waals surface area (Å²) in [7, 11) is 3.86. The zero-order valence-corrected chi connectivity index (χ0v) is 22.0. The molecule has 1 aliphatic carbocycles. The lowest BCUT2D eigenvalue weighted by molar-refractivity contribution is 0.0922. The van der Waals surface area contributed by atoms with E-state index in [9.17, 15) is 18.8 Å². The molecule has 1 amide bonds. The van der Waals surface area contributed by atoms with Gasteiger partial charge in [-0.25, -0.2) is 14.2 Å². The zero-order chi connectivity index (χ0) is 26.1. The van der Waals surface area contributed by atoms with Crippen LogP contribution < -0.4 is 21.5 Å². The zero-order valence-electron chi connectivity index (χ0n) is 21.2. The van der Waals surface area contributed by atoms with Gasteiger partial charge in [-0.15, -0.1) is 0 Å². The van der Waals surface area contributed by atoms with Crippen molar-refractivity contribution in [3.63, 3.8) is 0 Å². The summed E-state index contributed by atoms with van der Waals surface area (Å²) in [6.45, 7) is 0. The minimum absolute atomic E-state index is 0.0420. The lowest BCUT2D eigenvalue weighted by Crippen LogP contribution is -2.46. The molecule has 1 saturated carbocycles. The largest absolute Gasteiger partial charge is 0.378 e. The quantitative estimate of drug-likeness (QED) is 0.546. The van der Waals surface area contributed by atoms with Crippen LogP contribution in [0.5, 0.6) is 0 Å². The third-order valence-electron chi connectivity index (χ3n) is 7.50. The molecule has 196 valence electrons. The maximum atomic E-state index is 14.1. The minimum atomic E-state index is -0.592. The molecule has 1 aromatic carbocycles. The first-order chi connectivity index (χ1) is 17.8. The molecule has 10 heteroatoms. The van der Waals surface area contributed by atoms with Crippen molar-refractivity contribution in [2.45, 2.75) is 56.7 Å². The number of fused-ring (bicyclic) bond motifs is 1. The number of carbonyl (C=O) groups is 1. The van der Waals surface area contributed by atoms with Crippen LogP contribution in [0.4, 0.5) is 10.1 Å². The van der Waals surface area contributed by atoms with E-state index in [1.165, 1.54) is 10.6 Å². The van der Waals surface area contributed by atoms with E-state index in [1.807, 2.05) is 49.0 Å². The first-order valence-electron chi connectivity index (χ1n) is 12.8. The lowest BCUT2D eigenvalue weighted by atomic mass is 9.90. The molecule has 3 heterocycles. The molecule has 2 fully saturated rings. The fourth-order valence-corrected chi connectivity index (χ4v) is 6.55. The van der Waals surface area contributed by atoms with Crippen LogP contribution in [0, 0.1) is 5.82 Å². The third-order valence-corrected chi connectivity index (χ3v) is 8.55. The number of aromatic nitrogens is 3. The fraction of sp³-hybridized carbons (Fsp3) is 0.481. The van der Waals surface area contributed by atoms with E-state index in [0.717, 1.165) is 36.2 Å². The number of hydrogen-bond acceptors (Lipinski definition) is 6. The van der Waals surface area contributed by atoms with E-state index in [-0.39, 0.29) is 40.8 Å². The Hall–Kier alpha value is -3.14. The van der Waals surface area contributed by atoms with Gasteiger partial charge < -0.3 is 10.2 Å². The van der Waals surface area contributed by atoms with Gasteiger partial charge in [-0.1, -0.05) is 6.07 Å². The summed E-state index contributed by atoms with van der Waals surface area (Å²) in [6, 6.07) is 8.25. The van der Waals surface area contributed by atoms with Gasteiger partial charge in [0.25, 0.3) is 11.5 Å². The number of thioether (sulfide) groups is 1. The van der Waals surface area contributed by atoms with E-state index in [0.29, 0.717) is 31.2 Å². The summed E-state index contributed by atoms with van der Waals surface area (Å²) < 4.78 is 17.1. The summed E-state index contributed by atoms with van der Waals surface area (Å²) in [5, 5.41) is 3.26. The highest BCUT2D eigenvalue weighted by Gasteiger charge is 2.29. The Morgan fingerprint density at radius 1 is 1.03 bits per heavy atom.